The maximum absolute atomic E-state index is 10.9. The van der Waals surface area contributed by atoms with E-state index in [0.717, 1.165) is 43.3 Å². The minimum absolute atomic E-state index is 0.0282. The molecule has 0 bridgehead atoms. The first kappa shape index (κ1) is 15.5. The molecular weight excluding hydrogens is 270 g/mol. The molecule has 1 heterocycles. The number of rotatable bonds is 8. The van der Waals surface area contributed by atoms with Gasteiger partial charge in [-0.15, -0.1) is 0 Å². The van der Waals surface area contributed by atoms with Crippen LogP contribution in [0.4, 0.5) is 0 Å². The maximum Gasteiger partial charge on any atom is 0.371 e. The van der Waals surface area contributed by atoms with Gasteiger partial charge in [-0.3, -0.25) is 0 Å². The number of benzene rings is 1. The molecular formula is C16H21NO4. The van der Waals surface area contributed by atoms with E-state index in [-0.39, 0.29) is 12.4 Å². The Kier molecular flexibility index (Phi) is 5.36. The molecule has 0 aliphatic rings. The highest BCUT2D eigenvalue weighted by Gasteiger charge is 2.11. The van der Waals surface area contributed by atoms with Gasteiger partial charge in [-0.25, -0.2) is 4.79 Å². The molecule has 1 aromatic carbocycles. The monoisotopic (exact) mass is 291 g/mol. The van der Waals surface area contributed by atoms with Gasteiger partial charge < -0.3 is 19.5 Å². The largest absolute Gasteiger partial charge is 0.475 e. The lowest BCUT2D eigenvalue weighted by Gasteiger charge is -2.16. The lowest BCUT2D eigenvalue weighted by atomic mass is 10.1. The van der Waals surface area contributed by atoms with Gasteiger partial charge in [0.25, 0.3) is 0 Å². The first-order valence-electron chi connectivity index (χ1n) is 7.15. The summed E-state index contributed by atoms with van der Waals surface area (Å²) in [7, 11) is 2.06. The highest BCUT2D eigenvalue weighted by molar-refractivity contribution is 5.91. The topological polar surface area (TPSA) is 73.9 Å². The van der Waals surface area contributed by atoms with Gasteiger partial charge in [-0.1, -0.05) is 6.07 Å². The minimum atomic E-state index is -1.05. The zero-order valence-corrected chi connectivity index (χ0v) is 12.2. The van der Waals surface area contributed by atoms with Crippen molar-refractivity contribution in [3.63, 3.8) is 0 Å². The summed E-state index contributed by atoms with van der Waals surface area (Å²) in [6, 6.07) is 7.30. The van der Waals surface area contributed by atoms with Crippen LogP contribution in [-0.4, -0.2) is 41.3 Å². The van der Waals surface area contributed by atoms with Crippen LogP contribution in [0.1, 0.15) is 35.4 Å². The number of hydrogen-bond acceptors (Lipinski definition) is 4. The predicted molar refractivity (Wildman–Crippen MR) is 80.4 cm³/mol. The molecule has 2 aromatic rings. The summed E-state index contributed by atoms with van der Waals surface area (Å²) in [6.07, 6.45) is 2.95. The van der Waals surface area contributed by atoms with Crippen molar-refractivity contribution in [2.24, 2.45) is 0 Å². The van der Waals surface area contributed by atoms with Crippen LogP contribution in [0.25, 0.3) is 11.0 Å². The molecule has 0 spiro atoms. The van der Waals surface area contributed by atoms with Gasteiger partial charge in [0.2, 0.25) is 5.76 Å². The van der Waals surface area contributed by atoms with Gasteiger partial charge in [-0.2, -0.15) is 0 Å². The first-order chi connectivity index (χ1) is 10.1. The number of fused-ring (bicyclic) bond motifs is 1. The third-order valence-corrected chi connectivity index (χ3v) is 3.44. The predicted octanol–water partition coefficient (Wildman–Crippen LogP) is 2.73. The fraction of sp³-hybridized carbons (Fsp3) is 0.438. The van der Waals surface area contributed by atoms with Crippen molar-refractivity contribution in [3.8, 4) is 0 Å². The van der Waals surface area contributed by atoms with E-state index in [0.29, 0.717) is 5.58 Å². The number of hydrogen-bond donors (Lipinski definition) is 2. The Bertz CT molecular complexity index is 605. The second-order valence-corrected chi connectivity index (χ2v) is 5.31. The summed E-state index contributed by atoms with van der Waals surface area (Å²) < 4.78 is 5.24. The Morgan fingerprint density at radius 2 is 2.05 bits per heavy atom. The molecule has 114 valence electrons. The van der Waals surface area contributed by atoms with Crippen LogP contribution in [0.3, 0.4) is 0 Å². The molecule has 0 aliphatic carbocycles. The van der Waals surface area contributed by atoms with E-state index >= 15 is 0 Å². The first-order valence-corrected chi connectivity index (χ1v) is 7.15. The summed E-state index contributed by atoms with van der Waals surface area (Å²) in [5, 5.41) is 18.5. The van der Waals surface area contributed by atoms with Gasteiger partial charge in [0.05, 0.1) is 0 Å². The van der Waals surface area contributed by atoms with Crippen molar-refractivity contribution in [2.75, 3.05) is 20.2 Å². The van der Waals surface area contributed by atoms with Crippen molar-refractivity contribution in [3.05, 3.63) is 35.6 Å². The van der Waals surface area contributed by atoms with E-state index in [1.54, 1.807) is 6.07 Å². The Balaban J connectivity index is 1.97. The highest BCUT2D eigenvalue weighted by atomic mass is 16.4. The summed E-state index contributed by atoms with van der Waals surface area (Å²) in [6.45, 7) is 2.04. The molecule has 0 fully saturated rings. The molecule has 0 aliphatic heterocycles. The molecule has 0 amide bonds. The van der Waals surface area contributed by atoms with Gasteiger partial charge in [-0.05, 0) is 56.6 Å². The third kappa shape index (κ3) is 4.31. The molecule has 0 atom stereocenters. The maximum atomic E-state index is 10.9. The number of aromatic carboxylic acids is 1. The van der Waals surface area contributed by atoms with Crippen LogP contribution in [0.5, 0.6) is 0 Å². The Morgan fingerprint density at radius 3 is 2.76 bits per heavy atom. The van der Waals surface area contributed by atoms with Crippen LogP contribution >= 0.6 is 0 Å². The number of aliphatic hydroxyl groups excluding tert-OH is 1. The molecule has 2 N–H and O–H groups in total. The molecule has 0 radical (unpaired) electrons. The Morgan fingerprint density at radius 1 is 1.24 bits per heavy atom. The average molecular weight is 291 g/mol. The van der Waals surface area contributed by atoms with Gasteiger partial charge in [0.15, 0.2) is 0 Å². The van der Waals surface area contributed by atoms with Gasteiger partial charge in [0.1, 0.15) is 5.58 Å². The molecule has 1 aromatic heterocycles. The summed E-state index contributed by atoms with van der Waals surface area (Å²) in [4.78, 5) is 13.1. The molecule has 5 nitrogen and oxygen atoms in total. The lowest BCUT2D eigenvalue weighted by molar-refractivity contribution is 0.0665. The number of nitrogens with zero attached hydrogens (tertiary/aromatic N) is 1. The molecule has 2 rings (SSSR count). The zero-order valence-electron chi connectivity index (χ0n) is 12.2. The van der Waals surface area contributed by atoms with E-state index in [1.807, 2.05) is 18.2 Å². The van der Waals surface area contributed by atoms with E-state index in [2.05, 4.69) is 11.9 Å². The third-order valence-electron chi connectivity index (χ3n) is 3.44. The van der Waals surface area contributed by atoms with Crippen molar-refractivity contribution in [1.29, 1.82) is 0 Å². The fourth-order valence-electron chi connectivity index (χ4n) is 2.36. The minimum Gasteiger partial charge on any atom is -0.475 e. The summed E-state index contributed by atoms with van der Waals surface area (Å²) in [5.41, 5.74) is 1.73. The Hall–Kier alpha value is -1.85. The van der Waals surface area contributed by atoms with Crippen molar-refractivity contribution in [1.82, 2.24) is 4.90 Å². The number of carboxylic acid groups (broad SMARTS) is 1. The number of carbonyl (C=O) groups is 1. The normalized spacial score (nSPS) is 11.4. The van der Waals surface area contributed by atoms with Crippen molar-refractivity contribution >= 4 is 16.9 Å². The van der Waals surface area contributed by atoms with Crippen LogP contribution < -0.4 is 0 Å². The number of aliphatic hydroxyl groups is 1. The number of unbranched alkanes of at least 4 members (excludes halogenated alkanes) is 2. The standard InChI is InChI=1S/C16H21NO4/c1-17(7-3-2-4-8-18)11-12-5-6-14-13(9-12)10-15(21-14)16(19)20/h5-6,9-10,18H,2-4,7-8,11H2,1H3,(H,19,20). The van der Waals surface area contributed by atoms with E-state index < -0.39 is 5.97 Å². The molecule has 0 saturated heterocycles. The second kappa shape index (κ2) is 7.24. The molecule has 0 unspecified atom stereocenters. The average Bonchev–Trinajstić information content (AvgIpc) is 2.87. The summed E-state index contributed by atoms with van der Waals surface area (Å²) >= 11 is 0. The van der Waals surface area contributed by atoms with E-state index in [4.69, 9.17) is 14.6 Å². The quantitative estimate of drug-likeness (QED) is 0.732. The second-order valence-electron chi connectivity index (χ2n) is 5.31. The summed E-state index contributed by atoms with van der Waals surface area (Å²) in [5.74, 6) is -1.08. The smallest absolute Gasteiger partial charge is 0.371 e. The van der Waals surface area contributed by atoms with E-state index in [9.17, 15) is 4.79 Å². The zero-order chi connectivity index (χ0) is 15.2. The number of furan rings is 1. The SMILES string of the molecule is CN(CCCCCO)Cc1ccc2oc(C(=O)O)cc2c1. The fourth-order valence-corrected chi connectivity index (χ4v) is 2.36. The van der Waals surface area contributed by atoms with Crippen LogP contribution in [0, 0.1) is 0 Å². The van der Waals surface area contributed by atoms with Gasteiger partial charge in [0, 0.05) is 18.5 Å². The van der Waals surface area contributed by atoms with Crippen molar-refractivity contribution in [2.45, 2.75) is 25.8 Å². The molecule has 5 heteroatoms. The van der Waals surface area contributed by atoms with Crippen molar-refractivity contribution < 1.29 is 19.4 Å². The Labute approximate surface area is 123 Å². The number of carboxylic acids is 1. The lowest BCUT2D eigenvalue weighted by Crippen LogP contribution is -2.19. The highest BCUT2D eigenvalue weighted by Crippen LogP contribution is 2.21. The van der Waals surface area contributed by atoms with Crippen LogP contribution in [0.15, 0.2) is 28.7 Å². The van der Waals surface area contributed by atoms with Crippen LogP contribution in [-0.2, 0) is 6.54 Å². The van der Waals surface area contributed by atoms with Crippen LogP contribution in [0.2, 0.25) is 0 Å². The molecule has 0 saturated carbocycles. The molecule has 21 heavy (non-hydrogen) atoms. The van der Waals surface area contributed by atoms with E-state index in [1.165, 1.54) is 0 Å². The van der Waals surface area contributed by atoms with Gasteiger partial charge >= 0.3 is 5.97 Å².